The molecule has 1 aliphatic heterocycles. The van der Waals surface area contributed by atoms with Crippen LogP contribution in [0.25, 0.3) is 6.08 Å². The fourth-order valence-electron chi connectivity index (χ4n) is 2.55. The van der Waals surface area contributed by atoms with Crippen LogP contribution in [-0.2, 0) is 4.79 Å². The van der Waals surface area contributed by atoms with E-state index in [1.165, 1.54) is 13.0 Å². The number of aromatic nitrogens is 1. The van der Waals surface area contributed by atoms with Crippen molar-refractivity contribution in [1.82, 2.24) is 9.88 Å². The monoisotopic (exact) mass is 275 g/mol. The van der Waals surface area contributed by atoms with Crippen molar-refractivity contribution < 1.29 is 9.90 Å². The van der Waals surface area contributed by atoms with Gasteiger partial charge in [0.25, 0.3) is 0 Å². The van der Waals surface area contributed by atoms with E-state index in [4.69, 9.17) is 5.11 Å². The highest BCUT2D eigenvalue weighted by Gasteiger charge is 2.21. The molecule has 108 valence electrons. The molecule has 1 aromatic rings. The van der Waals surface area contributed by atoms with E-state index in [-0.39, 0.29) is 0 Å². The van der Waals surface area contributed by atoms with Crippen molar-refractivity contribution in [2.45, 2.75) is 6.42 Å². The fraction of sp³-hybridized carbons (Fsp3) is 0.467. The number of hydrogen-bond donors (Lipinski definition) is 1. The molecule has 1 aromatic heterocycles. The maximum atomic E-state index is 10.4. The number of aliphatic carboxylic acids is 1. The van der Waals surface area contributed by atoms with E-state index in [0.29, 0.717) is 5.92 Å². The Bertz CT molecular complexity index is 484. The maximum Gasteiger partial charge on any atom is 0.328 e. The van der Waals surface area contributed by atoms with Gasteiger partial charge in [0.05, 0.1) is 0 Å². The predicted molar refractivity (Wildman–Crippen MR) is 79.8 cm³/mol. The van der Waals surface area contributed by atoms with E-state index in [2.05, 4.69) is 21.8 Å². The molecule has 1 N–H and O–H groups in total. The van der Waals surface area contributed by atoms with Crippen molar-refractivity contribution in [1.29, 1.82) is 0 Å². The molecule has 1 fully saturated rings. The summed E-state index contributed by atoms with van der Waals surface area (Å²) in [5.74, 6) is 0.668. The minimum Gasteiger partial charge on any atom is -0.478 e. The number of anilines is 1. The van der Waals surface area contributed by atoms with E-state index in [0.717, 1.165) is 30.5 Å². The van der Waals surface area contributed by atoms with E-state index in [1.54, 1.807) is 12.3 Å². The third-order valence-corrected chi connectivity index (χ3v) is 3.60. The Morgan fingerprint density at radius 1 is 1.60 bits per heavy atom. The molecule has 0 saturated carbocycles. The van der Waals surface area contributed by atoms with Gasteiger partial charge < -0.3 is 14.9 Å². The average Bonchev–Trinajstić information content (AvgIpc) is 2.82. The molecule has 20 heavy (non-hydrogen) atoms. The van der Waals surface area contributed by atoms with Crippen molar-refractivity contribution in [2.24, 2.45) is 5.92 Å². The number of rotatable bonds is 5. The Hall–Kier alpha value is -1.88. The van der Waals surface area contributed by atoms with Crippen LogP contribution in [0.3, 0.4) is 0 Å². The first-order valence-electron chi connectivity index (χ1n) is 6.81. The number of carbonyl (C=O) groups is 1. The summed E-state index contributed by atoms with van der Waals surface area (Å²) >= 11 is 0. The summed E-state index contributed by atoms with van der Waals surface area (Å²) in [5.41, 5.74) is 0.796. The molecule has 5 heteroatoms. The molecule has 1 unspecified atom stereocenters. The summed E-state index contributed by atoms with van der Waals surface area (Å²) in [7, 11) is 4.20. The summed E-state index contributed by atoms with van der Waals surface area (Å²) in [6, 6.07) is 3.82. The first kappa shape index (κ1) is 14.5. The quantitative estimate of drug-likeness (QED) is 0.827. The number of carboxylic acids is 1. The topological polar surface area (TPSA) is 56.7 Å². The maximum absolute atomic E-state index is 10.4. The molecule has 0 spiro atoms. The van der Waals surface area contributed by atoms with Gasteiger partial charge in [0.2, 0.25) is 0 Å². The molecule has 0 aliphatic carbocycles. The first-order chi connectivity index (χ1) is 9.54. The zero-order valence-electron chi connectivity index (χ0n) is 12.0. The molecular weight excluding hydrogens is 254 g/mol. The second-order valence-corrected chi connectivity index (χ2v) is 5.42. The number of carboxylic acid groups (broad SMARTS) is 1. The highest BCUT2D eigenvalue weighted by Crippen LogP contribution is 2.18. The second kappa shape index (κ2) is 6.52. The van der Waals surface area contributed by atoms with Gasteiger partial charge in [0, 0.05) is 32.4 Å². The Morgan fingerprint density at radius 3 is 2.95 bits per heavy atom. The van der Waals surface area contributed by atoms with Gasteiger partial charge in [-0.3, -0.25) is 0 Å². The van der Waals surface area contributed by atoms with Crippen LogP contribution >= 0.6 is 0 Å². The number of nitrogens with zero attached hydrogens (tertiary/aromatic N) is 3. The molecule has 1 saturated heterocycles. The zero-order chi connectivity index (χ0) is 14.5. The lowest BCUT2D eigenvalue weighted by Gasteiger charge is -2.22. The Labute approximate surface area is 119 Å². The third-order valence-electron chi connectivity index (χ3n) is 3.60. The zero-order valence-corrected chi connectivity index (χ0v) is 12.0. The van der Waals surface area contributed by atoms with Gasteiger partial charge >= 0.3 is 5.97 Å². The molecule has 1 aliphatic rings. The van der Waals surface area contributed by atoms with Crippen LogP contribution in [0, 0.1) is 5.92 Å². The highest BCUT2D eigenvalue weighted by atomic mass is 16.4. The minimum absolute atomic E-state index is 0.693. The van der Waals surface area contributed by atoms with Crippen LogP contribution in [0.5, 0.6) is 0 Å². The smallest absolute Gasteiger partial charge is 0.328 e. The van der Waals surface area contributed by atoms with Crippen molar-refractivity contribution in [3.63, 3.8) is 0 Å². The van der Waals surface area contributed by atoms with E-state index < -0.39 is 5.97 Å². The average molecular weight is 275 g/mol. The summed E-state index contributed by atoms with van der Waals surface area (Å²) < 4.78 is 0. The largest absolute Gasteiger partial charge is 0.478 e. The van der Waals surface area contributed by atoms with Crippen LogP contribution in [0.4, 0.5) is 5.82 Å². The Kier molecular flexibility index (Phi) is 4.74. The molecule has 2 rings (SSSR count). The summed E-state index contributed by atoms with van der Waals surface area (Å²) in [4.78, 5) is 19.3. The minimum atomic E-state index is -0.948. The molecule has 0 radical (unpaired) electrons. The van der Waals surface area contributed by atoms with E-state index in [1.807, 2.05) is 19.2 Å². The van der Waals surface area contributed by atoms with Crippen molar-refractivity contribution >= 4 is 17.9 Å². The van der Waals surface area contributed by atoms with Crippen molar-refractivity contribution in [3.8, 4) is 0 Å². The van der Waals surface area contributed by atoms with Gasteiger partial charge in [-0.1, -0.05) is 0 Å². The molecule has 1 atom stereocenters. The van der Waals surface area contributed by atoms with Crippen LogP contribution in [0.15, 0.2) is 24.4 Å². The van der Waals surface area contributed by atoms with Crippen LogP contribution in [-0.4, -0.2) is 54.7 Å². The lowest BCUT2D eigenvalue weighted by atomic mass is 10.1. The van der Waals surface area contributed by atoms with Crippen molar-refractivity contribution in [3.05, 3.63) is 30.0 Å². The van der Waals surface area contributed by atoms with Crippen molar-refractivity contribution in [2.75, 3.05) is 38.6 Å². The normalized spacial score (nSPS) is 19.6. The van der Waals surface area contributed by atoms with Crippen LogP contribution < -0.4 is 4.90 Å². The molecule has 0 bridgehead atoms. The Balaban J connectivity index is 1.93. The molecule has 2 heterocycles. The van der Waals surface area contributed by atoms with Gasteiger partial charge in [0.1, 0.15) is 5.82 Å². The lowest BCUT2D eigenvalue weighted by molar-refractivity contribution is -0.131. The fourth-order valence-corrected chi connectivity index (χ4v) is 2.55. The standard InChI is InChI=1S/C15H21N3O2/c1-17-8-7-13(10-17)11-18(2)14-5-3-12(9-16-14)4-6-15(19)20/h3-6,9,13H,7-8,10-11H2,1-2H3,(H,19,20)/b6-4+. The molecule has 5 nitrogen and oxygen atoms in total. The molecule has 0 amide bonds. The summed E-state index contributed by atoms with van der Waals surface area (Å²) in [6.07, 6.45) is 5.60. The van der Waals surface area contributed by atoms with Gasteiger partial charge in [0.15, 0.2) is 0 Å². The highest BCUT2D eigenvalue weighted by molar-refractivity contribution is 5.85. The summed E-state index contributed by atoms with van der Waals surface area (Å²) in [5, 5.41) is 8.58. The van der Waals surface area contributed by atoms with Gasteiger partial charge in [-0.2, -0.15) is 0 Å². The van der Waals surface area contributed by atoms with E-state index >= 15 is 0 Å². The number of hydrogen-bond acceptors (Lipinski definition) is 4. The SMILES string of the molecule is CN1CCC(CN(C)c2ccc(/C=C/C(=O)O)cn2)C1. The van der Waals surface area contributed by atoms with Crippen LogP contribution in [0.2, 0.25) is 0 Å². The second-order valence-electron chi connectivity index (χ2n) is 5.42. The predicted octanol–water partition coefficient (Wildman–Crippen LogP) is 1.57. The number of pyridine rings is 1. The number of likely N-dealkylation sites (tertiary alicyclic amines) is 1. The first-order valence-corrected chi connectivity index (χ1v) is 6.81. The third kappa shape index (κ3) is 4.06. The van der Waals surface area contributed by atoms with Gasteiger partial charge in [-0.15, -0.1) is 0 Å². The molecule has 0 aromatic carbocycles. The van der Waals surface area contributed by atoms with Gasteiger partial charge in [-0.05, 0) is 49.7 Å². The molecular formula is C15H21N3O2. The Morgan fingerprint density at radius 2 is 2.40 bits per heavy atom. The van der Waals surface area contributed by atoms with E-state index in [9.17, 15) is 4.79 Å². The lowest BCUT2D eigenvalue weighted by Crippen LogP contribution is -2.27. The van der Waals surface area contributed by atoms with Gasteiger partial charge in [-0.25, -0.2) is 9.78 Å². The van der Waals surface area contributed by atoms with Crippen LogP contribution in [0.1, 0.15) is 12.0 Å². The summed E-state index contributed by atoms with van der Waals surface area (Å²) in [6.45, 7) is 3.32.